The van der Waals surface area contributed by atoms with Crippen LogP contribution >= 0.6 is 11.6 Å². The van der Waals surface area contributed by atoms with Gasteiger partial charge in [-0.05, 0) is 48.4 Å². The largest absolute Gasteiger partial charge is 0.497 e. The molecule has 0 aromatic heterocycles. The molecular weight excluding hydrogens is 316 g/mol. The molecule has 0 fully saturated rings. The molecule has 0 atom stereocenters. The predicted octanol–water partition coefficient (Wildman–Crippen LogP) is 3.19. The Labute approximate surface area is 139 Å². The third-order valence-electron chi connectivity index (χ3n) is 2.99. The van der Waals surface area contributed by atoms with Gasteiger partial charge in [0.15, 0.2) is 6.61 Å². The van der Waals surface area contributed by atoms with Gasteiger partial charge in [-0.25, -0.2) is 5.43 Å². The van der Waals surface area contributed by atoms with E-state index in [0.717, 1.165) is 16.9 Å². The van der Waals surface area contributed by atoms with Gasteiger partial charge in [0.1, 0.15) is 11.5 Å². The summed E-state index contributed by atoms with van der Waals surface area (Å²) in [5, 5.41) is 4.51. The van der Waals surface area contributed by atoms with Crippen LogP contribution in [0, 0.1) is 6.92 Å². The predicted molar refractivity (Wildman–Crippen MR) is 90.4 cm³/mol. The van der Waals surface area contributed by atoms with Gasteiger partial charge in [0.05, 0.1) is 13.3 Å². The van der Waals surface area contributed by atoms with Gasteiger partial charge in [-0.1, -0.05) is 23.7 Å². The first kappa shape index (κ1) is 16.8. The van der Waals surface area contributed by atoms with Crippen LogP contribution in [0.25, 0.3) is 0 Å². The van der Waals surface area contributed by atoms with Crippen LogP contribution in [0.1, 0.15) is 11.1 Å². The Hall–Kier alpha value is -2.53. The van der Waals surface area contributed by atoms with E-state index in [4.69, 9.17) is 21.1 Å². The molecular formula is C17H17ClN2O3. The molecule has 0 spiro atoms. The summed E-state index contributed by atoms with van der Waals surface area (Å²) in [6.45, 7) is 1.73. The Balaban J connectivity index is 1.83. The van der Waals surface area contributed by atoms with Crippen LogP contribution in [-0.4, -0.2) is 25.8 Å². The first-order valence-electron chi connectivity index (χ1n) is 6.93. The molecule has 2 rings (SSSR count). The molecule has 1 N–H and O–H groups in total. The van der Waals surface area contributed by atoms with Crippen molar-refractivity contribution in [3.8, 4) is 11.5 Å². The third-order valence-corrected chi connectivity index (χ3v) is 3.23. The highest BCUT2D eigenvalue weighted by molar-refractivity contribution is 6.30. The van der Waals surface area contributed by atoms with E-state index in [0.29, 0.717) is 10.8 Å². The van der Waals surface area contributed by atoms with Crippen molar-refractivity contribution in [2.24, 2.45) is 5.10 Å². The van der Waals surface area contributed by atoms with Crippen molar-refractivity contribution in [3.63, 3.8) is 0 Å². The van der Waals surface area contributed by atoms with Crippen molar-refractivity contribution >= 4 is 23.7 Å². The van der Waals surface area contributed by atoms with Gasteiger partial charge in [-0.2, -0.15) is 5.10 Å². The second-order valence-electron chi connectivity index (χ2n) is 4.77. The summed E-state index contributed by atoms with van der Waals surface area (Å²) in [6.07, 6.45) is 1.54. The van der Waals surface area contributed by atoms with Crippen molar-refractivity contribution in [2.75, 3.05) is 13.7 Å². The van der Waals surface area contributed by atoms with E-state index in [2.05, 4.69) is 10.5 Å². The van der Waals surface area contributed by atoms with Crippen molar-refractivity contribution in [1.82, 2.24) is 5.43 Å². The molecule has 2 aromatic carbocycles. The van der Waals surface area contributed by atoms with Gasteiger partial charge in [0.25, 0.3) is 5.91 Å². The minimum absolute atomic E-state index is 0.127. The fourth-order valence-corrected chi connectivity index (χ4v) is 2.08. The van der Waals surface area contributed by atoms with E-state index in [1.165, 1.54) is 6.21 Å². The molecule has 6 heteroatoms. The minimum Gasteiger partial charge on any atom is -0.497 e. The maximum atomic E-state index is 11.7. The summed E-state index contributed by atoms with van der Waals surface area (Å²) in [5.74, 6) is 0.988. The molecule has 0 bridgehead atoms. The number of ether oxygens (including phenoxy) is 2. The molecule has 0 aliphatic heterocycles. The second kappa shape index (κ2) is 8.19. The first-order chi connectivity index (χ1) is 11.1. The van der Waals surface area contributed by atoms with Crippen LogP contribution in [0.5, 0.6) is 11.5 Å². The number of rotatable bonds is 6. The Kier molecular flexibility index (Phi) is 6.00. The van der Waals surface area contributed by atoms with E-state index in [9.17, 15) is 4.79 Å². The summed E-state index contributed by atoms with van der Waals surface area (Å²) in [6, 6.07) is 12.5. The third kappa shape index (κ3) is 5.30. The number of aryl methyl sites for hydroxylation is 1. The zero-order chi connectivity index (χ0) is 16.7. The number of carbonyl (C=O) groups is 1. The van der Waals surface area contributed by atoms with E-state index in [1.54, 1.807) is 25.3 Å². The highest BCUT2D eigenvalue weighted by atomic mass is 35.5. The number of carbonyl (C=O) groups excluding carboxylic acids is 1. The molecule has 0 heterocycles. The summed E-state index contributed by atoms with van der Waals surface area (Å²) < 4.78 is 10.5. The molecule has 1 amide bonds. The number of amides is 1. The smallest absolute Gasteiger partial charge is 0.277 e. The Morgan fingerprint density at radius 3 is 2.87 bits per heavy atom. The number of hydrazone groups is 1. The SMILES string of the molecule is COc1cccc(C=NNC(=O)COc2ccc(Cl)cc2C)c1. The van der Waals surface area contributed by atoms with Gasteiger partial charge in [-0.3, -0.25) is 4.79 Å². The normalized spacial score (nSPS) is 10.6. The average Bonchev–Trinajstić information content (AvgIpc) is 2.54. The molecule has 23 heavy (non-hydrogen) atoms. The van der Waals surface area contributed by atoms with Crippen molar-refractivity contribution in [2.45, 2.75) is 6.92 Å². The van der Waals surface area contributed by atoms with Crippen LogP contribution in [0.15, 0.2) is 47.6 Å². The van der Waals surface area contributed by atoms with Crippen molar-refractivity contribution < 1.29 is 14.3 Å². The Morgan fingerprint density at radius 2 is 2.13 bits per heavy atom. The Morgan fingerprint density at radius 1 is 1.30 bits per heavy atom. The number of nitrogens with zero attached hydrogens (tertiary/aromatic N) is 1. The molecule has 0 aliphatic rings. The molecule has 5 nitrogen and oxygen atoms in total. The lowest BCUT2D eigenvalue weighted by molar-refractivity contribution is -0.123. The lowest BCUT2D eigenvalue weighted by Gasteiger charge is -2.08. The first-order valence-corrected chi connectivity index (χ1v) is 7.31. The zero-order valence-electron chi connectivity index (χ0n) is 12.9. The minimum atomic E-state index is -0.349. The van der Waals surface area contributed by atoms with Crippen LogP contribution in [-0.2, 0) is 4.79 Å². The molecule has 0 aliphatic carbocycles. The summed E-state index contributed by atoms with van der Waals surface area (Å²) in [7, 11) is 1.59. The van der Waals surface area contributed by atoms with Crippen LogP contribution in [0.3, 0.4) is 0 Å². The topological polar surface area (TPSA) is 59.9 Å². The quantitative estimate of drug-likeness (QED) is 0.653. The van der Waals surface area contributed by atoms with Crippen molar-refractivity contribution in [3.05, 3.63) is 58.6 Å². The molecule has 0 radical (unpaired) electrons. The van der Waals surface area contributed by atoms with Crippen LogP contribution in [0.4, 0.5) is 0 Å². The van der Waals surface area contributed by atoms with Gasteiger partial charge >= 0.3 is 0 Å². The molecule has 120 valence electrons. The summed E-state index contributed by atoms with van der Waals surface area (Å²) >= 11 is 5.87. The van der Waals surface area contributed by atoms with Crippen molar-refractivity contribution in [1.29, 1.82) is 0 Å². The number of halogens is 1. The van der Waals surface area contributed by atoms with Crippen LogP contribution < -0.4 is 14.9 Å². The summed E-state index contributed by atoms with van der Waals surface area (Å²) in [4.78, 5) is 11.7. The molecule has 0 saturated heterocycles. The molecule has 2 aromatic rings. The number of hydrogen-bond donors (Lipinski definition) is 1. The second-order valence-corrected chi connectivity index (χ2v) is 5.20. The van der Waals surface area contributed by atoms with Gasteiger partial charge in [-0.15, -0.1) is 0 Å². The molecule has 0 unspecified atom stereocenters. The van der Waals surface area contributed by atoms with E-state index < -0.39 is 0 Å². The van der Waals surface area contributed by atoms with Crippen LogP contribution in [0.2, 0.25) is 5.02 Å². The Bertz CT molecular complexity index is 717. The standard InChI is InChI=1S/C17H17ClN2O3/c1-12-8-14(18)6-7-16(12)23-11-17(21)20-19-10-13-4-3-5-15(9-13)22-2/h3-10H,11H2,1-2H3,(H,20,21). The zero-order valence-corrected chi connectivity index (χ0v) is 13.6. The number of hydrogen-bond acceptors (Lipinski definition) is 4. The van der Waals surface area contributed by atoms with E-state index in [-0.39, 0.29) is 12.5 Å². The van der Waals surface area contributed by atoms with Gasteiger partial charge in [0.2, 0.25) is 0 Å². The monoisotopic (exact) mass is 332 g/mol. The maximum absolute atomic E-state index is 11.7. The number of nitrogens with one attached hydrogen (secondary N) is 1. The highest BCUT2D eigenvalue weighted by Crippen LogP contribution is 2.21. The van der Waals surface area contributed by atoms with Gasteiger partial charge in [0, 0.05) is 5.02 Å². The lowest BCUT2D eigenvalue weighted by Crippen LogP contribution is -2.24. The fraction of sp³-hybridized carbons (Fsp3) is 0.176. The number of methoxy groups -OCH3 is 1. The molecule has 0 saturated carbocycles. The van der Waals surface area contributed by atoms with Gasteiger partial charge < -0.3 is 9.47 Å². The maximum Gasteiger partial charge on any atom is 0.277 e. The van der Waals surface area contributed by atoms with E-state index >= 15 is 0 Å². The lowest BCUT2D eigenvalue weighted by atomic mass is 10.2. The number of benzene rings is 2. The average molecular weight is 333 g/mol. The summed E-state index contributed by atoms with van der Waals surface area (Å²) in [5.41, 5.74) is 4.09. The van der Waals surface area contributed by atoms with E-state index in [1.807, 2.05) is 31.2 Å². The highest BCUT2D eigenvalue weighted by Gasteiger charge is 2.04. The fourth-order valence-electron chi connectivity index (χ4n) is 1.85.